The van der Waals surface area contributed by atoms with Crippen molar-refractivity contribution in [3.05, 3.63) is 65.8 Å². The molecule has 0 aliphatic heterocycles. The maximum absolute atomic E-state index is 11.6. The molecule has 4 nitrogen and oxygen atoms in total. The van der Waals surface area contributed by atoms with Crippen molar-refractivity contribution in [1.82, 2.24) is 16.0 Å². The highest BCUT2D eigenvalue weighted by atomic mass is 32.2. The summed E-state index contributed by atoms with van der Waals surface area (Å²) in [6.45, 7) is 12.4. The van der Waals surface area contributed by atoms with Crippen LogP contribution in [0.15, 0.2) is 54.0 Å². The minimum Gasteiger partial charge on any atom is -0.388 e. The van der Waals surface area contributed by atoms with Crippen molar-refractivity contribution in [1.29, 1.82) is 0 Å². The van der Waals surface area contributed by atoms with Gasteiger partial charge in [-0.25, -0.2) is 4.79 Å². The summed E-state index contributed by atoms with van der Waals surface area (Å²) in [4.78, 5) is 12.8. The molecule has 0 fully saturated rings. The summed E-state index contributed by atoms with van der Waals surface area (Å²) >= 11 is 1.63. The first-order valence-electron chi connectivity index (χ1n) is 9.11. The fourth-order valence-corrected chi connectivity index (χ4v) is 3.65. The van der Waals surface area contributed by atoms with Gasteiger partial charge in [-0.3, -0.25) is 0 Å². The molecule has 0 unspecified atom stereocenters. The lowest BCUT2D eigenvalue weighted by Gasteiger charge is -2.18. The number of carbonyl (C=O) groups excluding carboxylic acids is 1. The van der Waals surface area contributed by atoms with Crippen LogP contribution in [0.4, 0.5) is 4.79 Å². The van der Waals surface area contributed by atoms with E-state index in [4.69, 9.17) is 0 Å². The van der Waals surface area contributed by atoms with Crippen molar-refractivity contribution in [3.8, 4) is 0 Å². The molecule has 0 saturated heterocycles. The summed E-state index contributed by atoms with van der Waals surface area (Å²) in [5, 5.41) is 8.90. The molecule has 0 aliphatic carbocycles. The van der Waals surface area contributed by atoms with E-state index >= 15 is 0 Å². The van der Waals surface area contributed by atoms with E-state index < -0.39 is 0 Å². The van der Waals surface area contributed by atoms with E-state index in [-0.39, 0.29) is 6.03 Å². The third-order valence-electron chi connectivity index (χ3n) is 3.97. The van der Waals surface area contributed by atoms with Crippen LogP contribution >= 0.6 is 11.8 Å². The van der Waals surface area contributed by atoms with E-state index in [0.29, 0.717) is 12.4 Å². The second-order valence-electron chi connectivity index (χ2n) is 5.79. The van der Waals surface area contributed by atoms with Crippen molar-refractivity contribution in [3.63, 3.8) is 0 Å². The molecule has 0 aliphatic rings. The van der Waals surface area contributed by atoms with Gasteiger partial charge in [-0.1, -0.05) is 43.0 Å². The SMILES string of the molecule is C=C/C=C\C(=C/C)c1cc(C)c(SCNC(=O)NCC)c(/C(=C/C)NC)c1. The molecular formula is C22H31N3OS. The van der Waals surface area contributed by atoms with Crippen LogP contribution in [0.25, 0.3) is 11.3 Å². The molecule has 0 spiro atoms. The Hall–Kier alpha value is -2.40. The second-order valence-corrected chi connectivity index (χ2v) is 6.77. The molecule has 1 rings (SSSR count). The number of hydrogen-bond acceptors (Lipinski definition) is 3. The highest BCUT2D eigenvalue weighted by Gasteiger charge is 2.13. The summed E-state index contributed by atoms with van der Waals surface area (Å²) in [7, 11) is 1.92. The van der Waals surface area contributed by atoms with Crippen LogP contribution in [0.2, 0.25) is 0 Å². The molecule has 3 N–H and O–H groups in total. The molecule has 2 amide bonds. The molecule has 0 atom stereocenters. The van der Waals surface area contributed by atoms with E-state index in [1.165, 1.54) is 5.56 Å². The van der Waals surface area contributed by atoms with Gasteiger partial charge >= 0.3 is 6.03 Å². The number of amides is 2. The number of benzene rings is 1. The highest BCUT2D eigenvalue weighted by Crippen LogP contribution is 2.33. The zero-order valence-corrected chi connectivity index (χ0v) is 17.8. The number of nitrogens with one attached hydrogen (secondary N) is 3. The smallest absolute Gasteiger partial charge is 0.315 e. The standard InChI is InChI=1S/C22H31N3OS/c1-7-11-12-17(8-2)18-13-16(5)21(19(14-18)20(9-3)23-6)27-15-25-22(26)24-10-4/h7-9,11-14,23H,1,10,15H2,2-6H3,(H2,24,25,26)/b12-11-,17-8+,20-9-. The number of hydrogen-bond donors (Lipinski definition) is 3. The molecule has 1 aromatic rings. The first kappa shape index (κ1) is 22.6. The Morgan fingerprint density at radius 2 is 1.96 bits per heavy atom. The minimum atomic E-state index is -0.147. The van der Waals surface area contributed by atoms with Gasteiger partial charge < -0.3 is 16.0 Å². The lowest BCUT2D eigenvalue weighted by Crippen LogP contribution is -2.34. The van der Waals surface area contributed by atoms with Gasteiger partial charge in [0.25, 0.3) is 0 Å². The number of thioether (sulfide) groups is 1. The number of urea groups is 1. The van der Waals surface area contributed by atoms with E-state index in [1.807, 2.05) is 33.9 Å². The van der Waals surface area contributed by atoms with Crippen LogP contribution in [-0.4, -0.2) is 25.5 Å². The molecule has 0 saturated carbocycles. The quantitative estimate of drug-likeness (QED) is 0.315. The Morgan fingerprint density at radius 1 is 1.22 bits per heavy atom. The fraction of sp³-hybridized carbons (Fsp3) is 0.318. The molecule has 5 heteroatoms. The molecule has 0 bridgehead atoms. The zero-order valence-electron chi connectivity index (χ0n) is 17.0. The summed E-state index contributed by atoms with van der Waals surface area (Å²) in [5.41, 5.74) is 5.65. The fourth-order valence-electron chi connectivity index (χ4n) is 2.69. The summed E-state index contributed by atoms with van der Waals surface area (Å²) in [5.74, 6) is 0.507. The Balaban J connectivity index is 3.28. The van der Waals surface area contributed by atoms with Gasteiger partial charge in [0.15, 0.2) is 0 Å². The van der Waals surface area contributed by atoms with Gasteiger partial charge in [0.05, 0.1) is 5.88 Å². The van der Waals surface area contributed by atoms with E-state index in [0.717, 1.165) is 27.3 Å². The van der Waals surface area contributed by atoms with Crippen molar-refractivity contribution in [2.24, 2.45) is 0 Å². The lowest BCUT2D eigenvalue weighted by atomic mass is 9.98. The number of rotatable bonds is 9. The van der Waals surface area contributed by atoms with Gasteiger partial charge in [-0.15, -0.1) is 11.8 Å². The summed E-state index contributed by atoms with van der Waals surface area (Å²) in [6, 6.07) is 4.23. The van der Waals surface area contributed by atoms with Crippen LogP contribution in [-0.2, 0) is 0 Å². The van der Waals surface area contributed by atoms with Gasteiger partial charge in [0.2, 0.25) is 0 Å². The van der Waals surface area contributed by atoms with Gasteiger partial charge in [-0.2, -0.15) is 0 Å². The van der Waals surface area contributed by atoms with Crippen LogP contribution in [0.3, 0.4) is 0 Å². The Labute approximate surface area is 167 Å². The first-order chi connectivity index (χ1) is 13.0. The van der Waals surface area contributed by atoms with Crippen LogP contribution < -0.4 is 16.0 Å². The number of carbonyl (C=O) groups is 1. The molecule has 0 radical (unpaired) electrons. The van der Waals surface area contributed by atoms with Gasteiger partial charge in [0, 0.05) is 29.7 Å². The highest BCUT2D eigenvalue weighted by molar-refractivity contribution is 7.99. The normalized spacial score (nSPS) is 12.2. The molecule has 0 heterocycles. The van der Waals surface area contributed by atoms with Crippen molar-refractivity contribution < 1.29 is 4.79 Å². The maximum atomic E-state index is 11.6. The van der Waals surface area contributed by atoms with Crippen molar-refractivity contribution in [2.45, 2.75) is 32.6 Å². The van der Waals surface area contributed by atoms with Gasteiger partial charge in [-0.05, 0) is 50.5 Å². The maximum Gasteiger partial charge on any atom is 0.315 e. The lowest BCUT2D eigenvalue weighted by molar-refractivity contribution is 0.243. The second kappa shape index (κ2) is 12.1. The topological polar surface area (TPSA) is 53.2 Å². The third-order valence-corrected chi connectivity index (χ3v) is 5.08. The number of aryl methyl sites for hydroxylation is 1. The Morgan fingerprint density at radius 3 is 2.52 bits per heavy atom. The van der Waals surface area contributed by atoms with E-state index in [9.17, 15) is 4.79 Å². The first-order valence-corrected chi connectivity index (χ1v) is 10.1. The molecule has 27 heavy (non-hydrogen) atoms. The zero-order chi connectivity index (χ0) is 20.2. The largest absolute Gasteiger partial charge is 0.388 e. The third kappa shape index (κ3) is 6.68. The monoisotopic (exact) mass is 385 g/mol. The van der Waals surface area contributed by atoms with Crippen LogP contribution in [0.5, 0.6) is 0 Å². The summed E-state index contributed by atoms with van der Waals surface area (Å²) in [6.07, 6.45) is 9.94. The average molecular weight is 386 g/mol. The molecule has 1 aromatic carbocycles. The van der Waals surface area contributed by atoms with E-state index in [2.05, 4.69) is 59.8 Å². The van der Waals surface area contributed by atoms with Crippen molar-refractivity contribution >= 4 is 29.1 Å². The van der Waals surface area contributed by atoms with Gasteiger partial charge in [0.1, 0.15) is 0 Å². The van der Waals surface area contributed by atoms with Crippen molar-refractivity contribution in [2.75, 3.05) is 19.5 Å². The molecule has 0 aromatic heterocycles. The van der Waals surface area contributed by atoms with E-state index in [1.54, 1.807) is 17.8 Å². The predicted octanol–water partition coefficient (Wildman–Crippen LogP) is 5.09. The Bertz CT molecular complexity index is 748. The Kier molecular flexibility index (Phi) is 10.1. The summed E-state index contributed by atoms with van der Waals surface area (Å²) < 4.78 is 0. The van der Waals surface area contributed by atoms with Crippen LogP contribution in [0, 0.1) is 6.92 Å². The molecule has 146 valence electrons. The molecular weight excluding hydrogens is 354 g/mol. The predicted molar refractivity (Wildman–Crippen MR) is 120 cm³/mol. The minimum absolute atomic E-state index is 0.147. The average Bonchev–Trinajstić information content (AvgIpc) is 2.65. The van der Waals surface area contributed by atoms with Crippen LogP contribution in [0.1, 0.15) is 37.5 Å². The number of allylic oxidation sites excluding steroid dienone is 6.